The molecule has 25 heavy (non-hydrogen) atoms. The first-order valence-electron chi connectivity index (χ1n) is 8.06. The molecule has 0 saturated carbocycles. The summed E-state index contributed by atoms with van der Waals surface area (Å²) >= 11 is 6.17. The highest BCUT2D eigenvalue weighted by Gasteiger charge is 2.33. The number of carbonyl (C=O) groups is 2. The Labute approximate surface area is 151 Å². The molecule has 2 aromatic rings. The van der Waals surface area contributed by atoms with Crippen molar-refractivity contribution in [3.05, 3.63) is 59.1 Å². The third kappa shape index (κ3) is 3.94. The molecule has 6 heteroatoms. The maximum Gasteiger partial charge on any atom is 0.249 e. The quantitative estimate of drug-likeness (QED) is 0.894. The number of hydrogen-bond donors (Lipinski definition) is 1. The van der Waals surface area contributed by atoms with E-state index in [2.05, 4.69) is 5.32 Å². The molecule has 1 aliphatic rings. The molecule has 1 atom stereocenters. The van der Waals surface area contributed by atoms with Crippen LogP contribution in [0.2, 0.25) is 5.02 Å². The van der Waals surface area contributed by atoms with Gasteiger partial charge in [-0.3, -0.25) is 9.59 Å². The highest BCUT2D eigenvalue weighted by molar-refractivity contribution is 6.31. The number of nitrogens with zero attached hydrogens (tertiary/aromatic N) is 1. The van der Waals surface area contributed by atoms with Crippen molar-refractivity contribution in [2.24, 2.45) is 0 Å². The SMILES string of the molecule is COc1ccc(CC(=O)N[C@@H]2CCN(c3ccccc3)C2=O)c(Cl)c1. The van der Waals surface area contributed by atoms with E-state index in [1.165, 1.54) is 0 Å². The van der Waals surface area contributed by atoms with Gasteiger partial charge >= 0.3 is 0 Å². The summed E-state index contributed by atoms with van der Waals surface area (Å²) < 4.78 is 5.10. The summed E-state index contributed by atoms with van der Waals surface area (Å²) in [5.74, 6) is 0.333. The van der Waals surface area contributed by atoms with Crippen molar-refractivity contribution >= 4 is 29.1 Å². The molecular weight excluding hydrogens is 340 g/mol. The van der Waals surface area contributed by atoms with Gasteiger partial charge in [0, 0.05) is 17.3 Å². The number of hydrogen-bond acceptors (Lipinski definition) is 3. The van der Waals surface area contributed by atoms with Crippen molar-refractivity contribution in [2.45, 2.75) is 18.9 Å². The van der Waals surface area contributed by atoms with Crippen LogP contribution in [0.15, 0.2) is 48.5 Å². The second-order valence-electron chi connectivity index (χ2n) is 5.87. The number of nitrogens with one attached hydrogen (secondary N) is 1. The molecule has 0 unspecified atom stereocenters. The predicted molar refractivity (Wildman–Crippen MR) is 97.1 cm³/mol. The fraction of sp³-hybridized carbons (Fsp3) is 0.263. The Hall–Kier alpha value is -2.53. The van der Waals surface area contributed by atoms with E-state index in [9.17, 15) is 9.59 Å². The van der Waals surface area contributed by atoms with Crippen LogP contribution in [0.5, 0.6) is 5.75 Å². The summed E-state index contributed by atoms with van der Waals surface area (Å²) in [4.78, 5) is 26.5. The number of rotatable bonds is 5. The summed E-state index contributed by atoms with van der Waals surface area (Å²) in [7, 11) is 1.56. The third-order valence-electron chi connectivity index (χ3n) is 4.22. The minimum atomic E-state index is -0.496. The zero-order valence-corrected chi connectivity index (χ0v) is 14.6. The molecule has 1 aliphatic heterocycles. The van der Waals surface area contributed by atoms with Crippen LogP contribution >= 0.6 is 11.6 Å². The lowest BCUT2D eigenvalue weighted by molar-refractivity contribution is -0.126. The van der Waals surface area contributed by atoms with Crippen LogP contribution in [0.3, 0.4) is 0 Å². The average molecular weight is 359 g/mol. The van der Waals surface area contributed by atoms with Crippen LogP contribution in [-0.2, 0) is 16.0 Å². The minimum absolute atomic E-state index is 0.0830. The molecule has 1 heterocycles. The maximum atomic E-state index is 12.5. The molecule has 1 saturated heterocycles. The van der Waals surface area contributed by atoms with E-state index in [4.69, 9.17) is 16.3 Å². The molecule has 5 nitrogen and oxygen atoms in total. The number of anilines is 1. The van der Waals surface area contributed by atoms with E-state index in [0.29, 0.717) is 29.3 Å². The van der Waals surface area contributed by atoms with E-state index in [1.807, 2.05) is 30.3 Å². The fourth-order valence-corrected chi connectivity index (χ4v) is 3.13. The van der Waals surface area contributed by atoms with E-state index in [1.54, 1.807) is 30.2 Å². The van der Waals surface area contributed by atoms with Gasteiger partial charge in [-0.25, -0.2) is 0 Å². The minimum Gasteiger partial charge on any atom is -0.497 e. The molecule has 0 spiro atoms. The van der Waals surface area contributed by atoms with Crippen LogP contribution in [0.1, 0.15) is 12.0 Å². The van der Waals surface area contributed by atoms with Crippen LogP contribution in [-0.4, -0.2) is 31.5 Å². The highest BCUT2D eigenvalue weighted by atomic mass is 35.5. The Morgan fingerprint density at radius 2 is 2.04 bits per heavy atom. The van der Waals surface area contributed by atoms with E-state index in [0.717, 1.165) is 5.69 Å². The molecule has 130 valence electrons. The van der Waals surface area contributed by atoms with Crippen molar-refractivity contribution in [2.75, 3.05) is 18.6 Å². The Bertz CT molecular complexity index is 779. The number of benzene rings is 2. The molecule has 3 rings (SSSR count). The molecular formula is C19H19ClN2O3. The number of carbonyl (C=O) groups excluding carboxylic acids is 2. The lowest BCUT2D eigenvalue weighted by Crippen LogP contribution is -2.42. The number of para-hydroxylation sites is 1. The van der Waals surface area contributed by atoms with Gasteiger partial charge in [0.1, 0.15) is 11.8 Å². The Kier molecular flexibility index (Phi) is 5.24. The average Bonchev–Trinajstić information content (AvgIpc) is 2.98. The van der Waals surface area contributed by atoms with Gasteiger partial charge in [0.15, 0.2) is 0 Å². The van der Waals surface area contributed by atoms with Gasteiger partial charge in [0.05, 0.1) is 13.5 Å². The first-order chi connectivity index (χ1) is 12.1. The van der Waals surface area contributed by atoms with E-state index >= 15 is 0 Å². The molecule has 1 N–H and O–H groups in total. The molecule has 0 bridgehead atoms. The van der Waals surface area contributed by atoms with E-state index < -0.39 is 6.04 Å². The number of amides is 2. The second kappa shape index (κ2) is 7.57. The third-order valence-corrected chi connectivity index (χ3v) is 4.57. The summed E-state index contributed by atoms with van der Waals surface area (Å²) in [5, 5.41) is 3.28. The Morgan fingerprint density at radius 1 is 1.28 bits per heavy atom. The normalized spacial score (nSPS) is 16.8. The van der Waals surface area contributed by atoms with Crippen LogP contribution < -0.4 is 15.0 Å². The summed E-state index contributed by atoms with van der Waals surface area (Å²) in [6.45, 7) is 0.594. The van der Waals surface area contributed by atoms with Crippen LogP contribution in [0.25, 0.3) is 0 Å². The summed E-state index contributed by atoms with van der Waals surface area (Å²) in [5.41, 5.74) is 1.55. The summed E-state index contributed by atoms with van der Waals surface area (Å²) in [6.07, 6.45) is 0.716. The van der Waals surface area contributed by atoms with Crippen molar-refractivity contribution in [1.82, 2.24) is 5.32 Å². The first-order valence-corrected chi connectivity index (χ1v) is 8.44. The maximum absolute atomic E-state index is 12.5. The molecule has 0 radical (unpaired) electrons. The topological polar surface area (TPSA) is 58.6 Å². The monoisotopic (exact) mass is 358 g/mol. The van der Waals surface area contributed by atoms with Gasteiger partial charge in [-0.2, -0.15) is 0 Å². The van der Waals surface area contributed by atoms with Gasteiger partial charge < -0.3 is 15.0 Å². The lowest BCUT2D eigenvalue weighted by Gasteiger charge is -2.17. The zero-order chi connectivity index (χ0) is 17.8. The van der Waals surface area contributed by atoms with Gasteiger partial charge in [0.2, 0.25) is 11.8 Å². The predicted octanol–water partition coefficient (Wildman–Crippen LogP) is 2.81. The van der Waals surface area contributed by atoms with Gasteiger partial charge in [-0.05, 0) is 36.2 Å². The number of halogens is 1. The van der Waals surface area contributed by atoms with Crippen molar-refractivity contribution in [3.8, 4) is 5.75 Å². The zero-order valence-electron chi connectivity index (χ0n) is 13.9. The molecule has 1 fully saturated rings. The summed E-state index contributed by atoms with van der Waals surface area (Å²) in [6, 6.07) is 14.1. The largest absolute Gasteiger partial charge is 0.497 e. The first kappa shape index (κ1) is 17.3. The highest BCUT2D eigenvalue weighted by Crippen LogP contribution is 2.24. The van der Waals surface area contributed by atoms with E-state index in [-0.39, 0.29) is 18.2 Å². The number of methoxy groups -OCH3 is 1. The fourth-order valence-electron chi connectivity index (χ4n) is 2.89. The standard InChI is InChI=1S/C19H19ClN2O3/c1-25-15-8-7-13(16(20)12-15)11-18(23)21-17-9-10-22(19(17)24)14-5-3-2-4-6-14/h2-8,12,17H,9-11H2,1H3,(H,21,23)/t17-/m1/s1. The van der Waals surface area contributed by atoms with Crippen LogP contribution in [0.4, 0.5) is 5.69 Å². The lowest BCUT2D eigenvalue weighted by atomic mass is 10.1. The van der Waals surface area contributed by atoms with Crippen molar-refractivity contribution in [3.63, 3.8) is 0 Å². The molecule has 2 aromatic carbocycles. The van der Waals surface area contributed by atoms with Crippen molar-refractivity contribution < 1.29 is 14.3 Å². The molecule has 0 aliphatic carbocycles. The van der Waals surface area contributed by atoms with Crippen LogP contribution in [0, 0.1) is 0 Å². The Morgan fingerprint density at radius 3 is 2.72 bits per heavy atom. The molecule has 2 amide bonds. The van der Waals surface area contributed by atoms with Gasteiger partial charge in [0.25, 0.3) is 0 Å². The smallest absolute Gasteiger partial charge is 0.249 e. The molecule has 0 aromatic heterocycles. The second-order valence-corrected chi connectivity index (χ2v) is 6.28. The van der Waals surface area contributed by atoms with Gasteiger partial charge in [-0.1, -0.05) is 35.9 Å². The number of ether oxygens (including phenoxy) is 1. The van der Waals surface area contributed by atoms with Crippen molar-refractivity contribution in [1.29, 1.82) is 0 Å². The Balaban J connectivity index is 1.61. The van der Waals surface area contributed by atoms with Gasteiger partial charge in [-0.15, -0.1) is 0 Å².